The number of amides is 1. The van der Waals surface area contributed by atoms with Gasteiger partial charge in [-0.15, -0.1) is 0 Å². The number of carbonyl (C=O) groups is 1. The number of rotatable bonds is 4. The smallest absolute Gasteiger partial charge is 0.226 e. The van der Waals surface area contributed by atoms with Crippen molar-refractivity contribution in [3.05, 3.63) is 59.3 Å². The molecular formula is C19H21N3O. The lowest BCUT2D eigenvalue weighted by Gasteiger charge is -2.08. The highest BCUT2D eigenvalue weighted by molar-refractivity contribution is 5.91. The van der Waals surface area contributed by atoms with E-state index in [-0.39, 0.29) is 5.91 Å². The molecular weight excluding hydrogens is 286 g/mol. The van der Waals surface area contributed by atoms with Crippen LogP contribution >= 0.6 is 0 Å². The van der Waals surface area contributed by atoms with Gasteiger partial charge >= 0.3 is 0 Å². The van der Waals surface area contributed by atoms with E-state index in [1.165, 1.54) is 16.7 Å². The molecule has 3 aromatic rings. The minimum atomic E-state index is 0.00422. The highest BCUT2D eigenvalue weighted by Gasteiger charge is 2.07. The van der Waals surface area contributed by atoms with Crippen molar-refractivity contribution in [3.8, 4) is 0 Å². The summed E-state index contributed by atoms with van der Waals surface area (Å²) in [6, 6.07) is 12.2. The highest BCUT2D eigenvalue weighted by atomic mass is 16.1. The Morgan fingerprint density at radius 3 is 2.70 bits per heavy atom. The van der Waals surface area contributed by atoms with Gasteiger partial charge in [-0.05, 0) is 55.7 Å². The topological polar surface area (TPSA) is 46.9 Å². The molecule has 0 unspecified atom stereocenters. The molecule has 1 N–H and O–H groups in total. The Morgan fingerprint density at radius 1 is 1.09 bits per heavy atom. The summed E-state index contributed by atoms with van der Waals surface area (Å²) in [6.07, 6.45) is 2.24. The van der Waals surface area contributed by atoms with Gasteiger partial charge in [0.25, 0.3) is 0 Å². The molecule has 118 valence electrons. The van der Waals surface area contributed by atoms with Gasteiger partial charge in [0.2, 0.25) is 5.91 Å². The lowest BCUT2D eigenvalue weighted by atomic mass is 10.1. The van der Waals surface area contributed by atoms with E-state index in [0.717, 1.165) is 16.6 Å². The molecule has 1 heterocycles. The van der Waals surface area contributed by atoms with Gasteiger partial charge in [-0.25, -0.2) is 0 Å². The number of hydrogen-bond acceptors (Lipinski definition) is 2. The Hall–Kier alpha value is -2.62. The molecule has 1 aromatic heterocycles. The zero-order valence-corrected chi connectivity index (χ0v) is 13.8. The number of nitrogens with zero attached hydrogens (tertiary/aromatic N) is 2. The van der Waals surface area contributed by atoms with Crippen LogP contribution in [0, 0.1) is 20.8 Å². The monoisotopic (exact) mass is 307 g/mol. The molecule has 0 spiro atoms. The number of benzene rings is 2. The van der Waals surface area contributed by atoms with Crippen molar-refractivity contribution in [1.29, 1.82) is 0 Å². The fourth-order valence-electron chi connectivity index (χ4n) is 2.61. The molecule has 0 aliphatic heterocycles. The van der Waals surface area contributed by atoms with Gasteiger partial charge in [0.15, 0.2) is 0 Å². The van der Waals surface area contributed by atoms with Crippen LogP contribution in [-0.2, 0) is 11.3 Å². The number of hydrogen-bond donors (Lipinski definition) is 1. The predicted molar refractivity (Wildman–Crippen MR) is 93.6 cm³/mol. The molecule has 2 aromatic carbocycles. The molecule has 0 aliphatic rings. The van der Waals surface area contributed by atoms with Gasteiger partial charge in [0.1, 0.15) is 0 Å². The van der Waals surface area contributed by atoms with Gasteiger partial charge in [-0.1, -0.05) is 18.2 Å². The molecule has 0 saturated heterocycles. The molecule has 0 saturated carbocycles. The average molecular weight is 307 g/mol. The first-order valence-electron chi connectivity index (χ1n) is 7.82. The molecule has 0 bridgehead atoms. The van der Waals surface area contributed by atoms with Gasteiger partial charge in [0, 0.05) is 17.5 Å². The summed E-state index contributed by atoms with van der Waals surface area (Å²) in [7, 11) is 0. The molecule has 0 radical (unpaired) electrons. The van der Waals surface area contributed by atoms with E-state index in [0.29, 0.717) is 13.0 Å². The first-order valence-corrected chi connectivity index (χ1v) is 7.82. The minimum absolute atomic E-state index is 0.00422. The van der Waals surface area contributed by atoms with Crippen LogP contribution in [0.2, 0.25) is 0 Å². The molecule has 3 rings (SSSR count). The Kier molecular flexibility index (Phi) is 4.15. The van der Waals surface area contributed by atoms with Crippen molar-refractivity contribution in [3.63, 3.8) is 0 Å². The number of carbonyl (C=O) groups excluding carboxylic acids is 1. The molecule has 0 fully saturated rings. The molecule has 0 aliphatic carbocycles. The summed E-state index contributed by atoms with van der Waals surface area (Å²) < 4.78 is 1.89. The summed E-state index contributed by atoms with van der Waals surface area (Å²) in [5.74, 6) is 0.00422. The standard InChI is InChI=1S/C19H21N3O/c1-13-4-6-16-12-20-22(18(16)10-13)9-8-19(23)21-17-7-5-14(2)15(3)11-17/h4-7,10-12H,8-9H2,1-3H3,(H,21,23). The number of aryl methyl sites for hydroxylation is 4. The summed E-state index contributed by atoms with van der Waals surface area (Å²) in [5, 5.41) is 8.43. The predicted octanol–water partition coefficient (Wildman–Crippen LogP) is 3.99. The molecule has 0 atom stereocenters. The molecule has 1 amide bonds. The summed E-state index contributed by atoms with van der Waals surface area (Å²) >= 11 is 0. The van der Waals surface area contributed by atoms with E-state index in [2.05, 4.69) is 42.5 Å². The minimum Gasteiger partial charge on any atom is -0.326 e. The molecule has 4 nitrogen and oxygen atoms in total. The second-order valence-corrected chi connectivity index (χ2v) is 6.03. The van der Waals surface area contributed by atoms with E-state index >= 15 is 0 Å². The van der Waals surface area contributed by atoms with Crippen LogP contribution in [0.5, 0.6) is 0 Å². The highest BCUT2D eigenvalue weighted by Crippen LogP contribution is 2.17. The van der Waals surface area contributed by atoms with Crippen molar-refractivity contribution >= 4 is 22.5 Å². The maximum atomic E-state index is 12.2. The second-order valence-electron chi connectivity index (χ2n) is 6.03. The lowest BCUT2D eigenvalue weighted by molar-refractivity contribution is -0.116. The largest absolute Gasteiger partial charge is 0.326 e. The average Bonchev–Trinajstić information content (AvgIpc) is 2.91. The van der Waals surface area contributed by atoms with Crippen LogP contribution in [0.4, 0.5) is 5.69 Å². The fraction of sp³-hybridized carbons (Fsp3) is 0.263. The maximum absolute atomic E-state index is 12.2. The van der Waals surface area contributed by atoms with Gasteiger partial charge in [0.05, 0.1) is 18.3 Å². The summed E-state index contributed by atoms with van der Waals surface area (Å²) in [6.45, 7) is 6.74. The Balaban J connectivity index is 1.66. The van der Waals surface area contributed by atoms with Gasteiger partial charge < -0.3 is 5.32 Å². The van der Waals surface area contributed by atoms with E-state index < -0.39 is 0 Å². The van der Waals surface area contributed by atoms with Crippen LogP contribution in [-0.4, -0.2) is 15.7 Å². The number of anilines is 1. The van der Waals surface area contributed by atoms with Crippen LogP contribution in [0.15, 0.2) is 42.6 Å². The molecule has 4 heteroatoms. The third-order valence-electron chi connectivity index (χ3n) is 4.14. The zero-order valence-electron chi connectivity index (χ0n) is 13.8. The van der Waals surface area contributed by atoms with Crippen molar-refractivity contribution in [2.24, 2.45) is 0 Å². The fourth-order valence-corrected chi connectivity index (χ4v) is 2.61. The van der Waals surface area contributed by atoms with Gasteiger partial charge in [-0.3, -0.25) is 9.48 Å². The number of fused-ring (bicyclic) bond motifs is 1. The maximum Gasteiger partial charge on any atom is 0.226 e. The first-order chi connectivity index (χ1) is 11.0. The van der Waals surface area contributed by atoms with E-state index in [1.54, 1.807) is 0 Å². The third-order valence-corrected chi connectivity index (χ3v) is 4.14. The summed E-state index contributed by atoms with van der Waals surface area (Å²) in [5.41, 5.74) is 5.51. The van der Waals surface area contributed by atoms with E-state index in [4.69, 9.17) is 0 Å². The zero-order chi connectivity index (χ0) is 16.4. The normalized spacial score (nSPS) is 10.9. The van der Waals surface area contributed by atoms with Gasteiger partial charge in [-0.2, -0.15) is 5.10 Å². The van der Waals surface area contributed by atoms with E-state index in [9.17, 15) is 4.79 Å². The van der Waals surface area contributed by atoms with Crippen molar-refractivity contribution in [1.82, 2.24) is 9.78 Å². The Labute approximate surface area is 136 Å². The first kappa shape index (κ1) is 15.3. The Bertz CT molecular complexity index is 864. The second kappa shape index (κ2) is 6.24. The lowest BCUT2D eigenvalue weighted by Crippen LogP contribution is -2.15. The SMILES string of the molecule is Cc1ccc2cnn(CCC(=O)Nc3ccc(C)c(C)c3)c2c1. The van der Waals surface area contributed by atoms with Crippen LogP contribution in [0.1, 0.15) is 23.1 Å². The van der Waals surface area contributed by atoms with Crippen LogP contribution in [0.25, 0.3) is 10.9 Å². The van der Waals surface area contributed by atoms with Crippen molar-refractivity contribution in [2.75, 3.05) is 5.32 Å². The van der Waals surface area contributed by atoms with Crippen LogP contribution in [0.3, 0.4) is 0 Å². The third kappa shape index (κ3) is 3.42. The van der Waals surface area contributed by atoms with Crippen molar-refractivity contribution in [2.45, 2.75) is 33.7 Å². The van der Waals surface area contributed by atoms with E-state index in [1.807, 2.05) is 36.0 Å². The molecule has 23 heavy (non-hydrogen) atoms. The summed E-state index contributed by atoms with van der Waals surface area (Å²) in [4.78, 5) is 12.2. The number of nitrogens with one attached hydrogen (secondary N) is 1. The quantitative estimate of drug-likeness (QED) is 0.792. The van der Waals surface area contributed by atoms with Crippen LogP contribution < -0.4 is 5.32 Å². The van der Waals surface area contributed by atoms with Crippen molar-refractivity contribution < 1.29 is 4.79 Å². The number of aromatic nitrogens is 2. The Morgan fingerprint density at radius 2 is 1.91 bits per heavy atom.